The zero-order valence-corrected chi connectivity index (χ0v) is 12.6. The lowest BCUT2D eigenvalue weighted by molar-refractivity contribution is -0.0543. The standard InChI is InChI=1S/C15H27N3O/c1-11(2)9-18-14(16-10-17-18)8-15(19)6-5-12(3)7-13(15)4/h10-13,19H,5-9H2,1-4H3. The molecule has 1 aliphatic carbocycles. The quantitative estimate of drug-likeness (QED) is 0.910. The topological polar surface area (TPSA) is 50.9 Å². The third-order valence-electron chi connectivity index (χ3n) is 4.44. The molecule has 0 saturated heterocycles. The third kappa shape index (κ3) is 3.35. The van der Waals surface area contributed by atoms with Gasteiger partial charge in [-0.25, -0.2) is 9.67 Å². The highest BCUT2D eigenvalue weighted by Crippen LogP contribution is 2.38. The van der Waals surface area contributed by atoms with Crippen molar-refractivity contribution in [3.05, 3.63) is 12.2 Å². The molecule has 0 spiro atoms. The first-order valence-electron chi connectivity index (χ1n) is 7.50. The van der Waals surface area contributed by atoms with E-state index in [-0.39, 0.29) is 0 Å². The Morgan fingerprint density at radius 1 is 1.47 bits per heavy atom. The van der Waals surface area contributed by atoms with Gasteiger partial charge in [-0.1, -0.05) is 27.7 Å². The van der Waals surface area contributed by atoms with E-state index >= 15 is 0 Å². The van der Waals surface area contributed by atoms with Crippen LogP contribution in [0, 0.1) is 17.8 Å². The second-order valence-corrected chi connectivity index (χ2v) is 6.81. The van der Waals surface area contributed by atoms with Crippen LogP contribution in [0.15, 0.2) is 6.33 Å². The number of aliphatic hydroxyl groups is 1. The zero-order chi connectivity index (χ0) is 14.0. The van der Waals surface area contributed by atoms with E-state index in [9.17, 15) is 5.11 Å². The Kier molecular flexibility index (Phi) is 4.29. The molecule has 2 rings (SSSR count). The minimum Gasteiger partial charge on any atom is -0.389 e. The zero-order valence-electron chi connectivity index (χ0n) is 12.6. The summed E-state index contributed by atoms with van der Waals surface area (Å²) in [5.74, 6) is 2.53. The van der Waals surface area contributed by atoms with Crippen LogP contribution < -0.4 is 0 Å². The molecule has 4 nitrogen and oxygen atoms in total. The predicted octanol–water partition coefficient (Wildman–Crippen LogP) is 2.66. The van der Waals surface area contributed by atoms with Gasteiger partial charge in [-0.15, -0.1) is 0 Å². The minimum absolute atomic E-state index is 0.334. The molecule has 108 valence electrons. The van der Waals surface area contributed by atoms with Gasteiger partial charge in [0.2, 0.25) is 0 Å². The first kappa shape index (κ1) is 14.5. The van der Waals surface area contributed by atoms with Gasteiger partial charge in [-0.05, 0) is 37.0 Å². The van der Waals surface area contributed by atoms with Crippen molar-refractivity contribution in [1.82, 2.24) is 14.8 Å². The first-order chi connectivity index (χ1) is 8.90. The fraction of sp³-hybridized carbons (Fsp3) is 0.867. The van der Waals surface area contributed by atoms with E-state index in [0.29, 0.717) is 18.3 Å². The van der Waals surface area contributed by atoms with Crippen molar-refractivity contribution in [2.45, 2.75) is 65.5 Å². The largest absolute Gasteiger partial charge is 0.389 e. The highest BCUT2D eigenvalue weighted by atomic mass is 16.3. The molecule has 1 aromatic heterocycles. The van der Waals surface area contributed by atoms with Gasteiger partial charge < -0.3 is 5.11 Å². The Hall–Kier alpha value is -0.900. The average molecular weight is 265 g/mol. The van der Waals surface area contributed by atoms with E-state index < -0.39 is 5.60 Å². The van der Waals surface area contributed by atoms with Crippen molar-refractivity contribution < 1.29 is 5.11 Å². The smallest absolute Gasteiger partial charge is 0.138 e. The number of hydrogen-bond donors (Lipinski definition) is 1. The molecule has 1 aliphatic rings. The highest BCUT2D eigenvalue weighted by molar-refractivity contribution is 4.99. The van der Waals surface area contributed by atoms with Crippen LogP contribution in [-0.2, 0) is 13.0 Å². The van der Waals surface area contributed by atoms with Gasteiger partial charge in [0, 0.05) is 13.0 Å². The average Bonchev–Trinajstić information content (AvgIpc) is 2.71. The third-order valence-corrected chi connectivity index (χ3v) is 4.44. The highest BCUT2D eigenvalue weighted by Gasteiger charge is 2.39. The van der Waals surface area contributed by atoms with Gasteiger partial charge >= 0.3 is 0 Å². The molecule has 1 saturated carbocycles. The fourth-order valence-corrected chi connectivity index (χ4v) is 3.14. The lowest BCUT2D eigenvalue weighted by Crippen LogP contribution is -2.43. The number of rotatable bonds is 4. The maximum Gasteiger partial charge on any atom is 0.138 e. The van der Waals surface area contributed by atoms with Crippen LogP contribution in [-0.4, -0.2) is 25.5 Å². The normalized spacial score (nSPS) is 31.9. The van der Waals surface area contributed by atoms with E-state index in [2.05, 4.69) is 37.8 Å². The van der Waals surface area contributed by atoms with Gasteiger partial charge in [0.15, 0.2) is 0 Å². The molecule has 1 N–H and O–H groups in total. The molecule has 0 bridgehead atoms. The molecule has 1 heterocycles. The number of nitrogens with zero attached hydrogens (tertiary/aromatic N) is 3. The molecule has 3 atom stereocenters. The summed E-state index contributed by atoms with van der Waals surface area (Å²) < 4.78 is 1.95. The van der Waals surface area contributed by atoms with Gasteiger partial charge in [0.05, 0.1) is 5.60 Å². The lowest BCUT2D eigenvalue weighted by Gasteiger charge is -2.40. The molecule has 3 unspecified atom stereocenters. The molecule has 4 heteroatoms. The first-order valence-corrected chi connectivity index (χ1v) is 7.50. The van der Waals surface area contributed by atoms with Crippen LogP contribution >= 0.6 is 0 Å². The molecular formula is C15H27N3O. The van der Waals surface area contributed by atoms with Crippen LogP contribution in [0.25, 0.3) is 0 Å². The minimum atomic E-state index is -0.603. The van der Waals surface area contributed by atoms with Gasteiger partial charge in [-0.3, -0.25) is 0 Å². The maximum absolute atomic E-state index is 10.9. The van der Waals surface area contributed by atoms with Crippen LogP contribution in [0.1, 0.15) is 52.8 Å². The summed E-state index contributed by atoms with van der Waals surface area (Å²) in [4.78, 5) is 4.35. The molecule has 0 aromatic carbocycles. The van der Waals surface area contributed by atoms with Crippen molar-refractivity contribution >= 4 is 0 Å². The second kappa shape index (κ2) is 5.61. The number of aromatic nitrogens is 3. The van der Waals surface area contributed by atoms with Gasteiger partial charge in [0.1, 0.15) is 12.2 Å². The maximum atomic E-state index is 10.9. The summed E-state index contributed by atoms with van der Waals surface area (Å²) in [6.07, 6.45) is 5.34. The van der Waals surface area contributed by atoms with E-state index in [1.54, 1.807) is 6.33 Å². The Bertz CT molecular complexity index is 415. The summed E-state index contributed by atoms with van der Waals surface area (Å²) in [5.41, 5.74) is -0.603. The molecule has 0 amide bonds. The van der Waals surface area contributed by atoms with Crippen molar-refractivity contribution in [2.24, 2.45) is 17.8 Å². The SMILES string of the molecule is CC(C)Cn1ncnc1CC1(O)CCC(C)CC1C. The van der Waals surface area contributed by atoms with Crippen molar-refractivity contribution in [3.63, 3.8) is 0 Å². The van der Waals surface area contributed by atoms with Crippen LogP contribution in [0.4, 0.5) is 0 Å². The van der Waals surface area contributed by atoms with E-state index in [1.807, 2.05) is 4.68 Å². The summed E-state index contributed by atoms with van der Waals surface area (Å²) >= 11 is 0. The van der Waals surface area contributed by atoms with E-state index in [0.717, 1.165) is 37.5 Å². The molecule has 1 fully saturated rings. The number of hydrogen-bond acceptors (Lipinski definition) is 3. The van der Waals surface area contributed by atoms with E-state index in [1.165, 1.54) is 0 Å². The van der Waals surface area contributed by atoms with Crippen molar-refractivity contribution in [1.29, 1.82) is 0 Å². The Balaban J connectivity index is 2.10. The van der Waals surface area contributed by atoms with E-state index in [4.69, 9.17) is 0 Å². The van der Waals surface area contributed by atoms with Crippen molar-refractivity contribution in [3.8, 4) is 0 Å². The molecule has 0 radical (unpaired) electrons. The second-order valence-electron chi connectivity index (χ2n) is 6.81. The lowest BCUT2D eigenvalue weighted by atomic mass is 9.70. The molecular weight excluding hydrogens is 238 g/mol. The summed E-state index contributed by atoms with van der Waals surface area (Å²) in [6, 6.07) is 0. The Labute approximate surface area is 116 Å². The summed E-state index contributed by atoms with van der Waals surface area (Å²) in [7, 11) is 0. The van der Waals surface area contributed by atoms with Crippen molar-refractivity contribution in [2.75, 3.05) is 0 Å². The molecule has 1 aromatic rings. The van der Waals surface area contributed by atoms with Crippen LogP contribution in [0.5, 0.6) is 0 Å². The predicted molar refractivity (Wildman–Crippen MR) is 75.7 cm³/mol. The monoisotopic (exact) mass is 265 g/mol. The fourth-order valence-electron chi connectivity index (χ4n) is 3.14. The summed E-state index contributed by atoms with van der Waals surface area (Å²) in [5, 5.41) is 15.2. The van der Waals surface area contributed by atoms with Crippen LogP contribution in [0.3, 0.4) is 0 Å². The summed E-state index contributed by atoms with van der Waals surface area (Å²) in [6.45, 7) is 9.66. The molecule has 19 heavy (non-hydrogen) atoms. The van der Waals surface area contributed by atoms with Crippen LogP contribution in [0.2, 0.25) is 0 Å². The Morgan fingerprint density at radius 3 is 2.84 bits per heavy atom. The Morgan fingerprint density at radius 2 is 2.21 bits per heavy atom. The van der Waals surface area contributed by atoms with Gasteiger partial charge in [-0.2, -0.15) is 5.10 Å². The molecule has 0 aliphatic heterocycles. The van der Waals surface area contributed by atoms with Gasteiger partial charge in [0.25, 0.3) is 0 Å².